The highest BCUT2D eigenvalue weighted by molar-refractivity contribution is 6.11. The van der Waals surface area contributed by atoms with Crippen molar-refractivity contribution in [1.29, 1.82) is 0 Å². The van der Waals surface area contributed by atoms with E-state index >= 15 is 0 Å². The van der Waals surface area contributed by atoms with Crippen LogP contribution in [0, 0.1) is 6.92 Å². The first-order valence-electron chi connectivity index (χ1n) is 6.94. The number of aryl methyl sites for hydroxylation is 1. The Morgan fingerprint density at radius 2 is 1.95 bits per heavy atom. The van der Waals surface area contributed by atoms with Crippen LogP contribution in [0.3, 0.4) is 0 Å². The number of hydrogen-bond acceptors (Lipinski definition) is 4. The van der Waals surface area contributed by atoms with Gasteiger partial charge in [0.2, 0.25) is 11.5 Å². The van der Waals surface area contributed by atoms with E-state index < -0.39 is 12.1 Å². The van der Waals surface area contributed by atoms with E-state index in [1.807, 2.05) is 31.2 Å². The Labute approximate surface area is 126 Å². The molecule has 0 spiro atoms. The number of hydrogen-bond donors (Lipinski definition) is 1. The van der Waals surface area contributed by atoms with E-state index in [1.54, 1.807) is 13.0 Å². The summed E-state index contributed by atoms with van der Waals surface area (Å²) in [5.74, 6) is -0.812. The Bertz CT molecular complexity index is 830. The van der Waals surface area contributed by atoms with Crippen molar-refractivity contribution in [2.75, 3.05) is 0 Å². The quantitative estimate of drug-likeness (QED) is 0.591. The summed E-state index contributed by atoms with van der Waals surface area (Å²) in [7, 11) is 0. The molecule has 0 amide bonds. The van der Waals surface area contributed by atoms with E-state index in [0.717, 1.165) is 16.6 Å². The lowest BCUT2D eigenvalue weighted by atomic mass is 10.0. The van der Waals surface area contributed by atoms with E-state index in [-0.39, 0.29) is 11.5 Å². The van der Waals surface area contributed by atoms with Gasteiger partial charge in [-0.15, -0.1) is 0 Å². The molecule has 2 aromatic heterocycles. The van der Waals surface area contributed by atoms with Crippen molar-refractivity contribution >= 4 is 22.7 Å². The Morgan fingerprint density at radius 3 is 2.68 bits per heavy atom. The number of benzene rings is 1. The number of carbonyl (C=O) groups excluding carboxylic acids is 2. The van der Waals surface area contributed by atoms with Gasteiger partial charge in [-0.1, -0.05) is 18.2 Å². The van der Waals surface area contributed by atoms with Crippen molar-refractivity contribution in [2.45, 2.75) is 20.0 Å². The van der Waals surface area contributed by atoms with Crippen LogP contribution in [0.1, 0.15) is 33.5 Å². The predicted molar refractivity (Wildman–Crippen MR) is 81.0 cm³/mol. The Balaban J connectivity index is 1.86. The molecule has 1 unspecified atom stereocenters. The Kier molecular flexibility index (Phi) is 3.55. The van der Waals surface area contributed by atoms with Gasteiger partial charge in [-0.2, -0.15) is 0 Å². The van der Waals surface area contributed by atoms with Gasteiger partial charge in [-0.05, 0) is 32.0 Å². The summed E-state index contributed by atoms with van der Waals surface area (Å²) in [6, 6.07) is 10.6. The van der Waals surface area contributed by atoms with E-state index in [0.29, 0.717) is 5.56 Å². The zero-order valence-electron chi connectivity index (χ0n) is 12.3. The fraction of sp³-hybridized carbons (Fsp3) is 0.176. The number of Topliss-reactive ketones (excluding diaryl/α,β-unsaturated/α-hetero) is 1. The number of H-pyrrole nitrogens is 1. The maximum Gasteiger partial charge on any atom is 0.374 e. The van der Waals surface area contributed by atoms with Crippen molar-refractivity contribution in [3.05, 3.63) is 59.7 Å². The molecule has 0 saturated heterocycles. The minimum atomic E-state index is -0.893. The molecule has 0 fully saturated rings. The van der Waals surface area contributed by atoms with Crippen LogP contribution in [0.5, 0.6) is 0 Å². The molecule has 0 saturated carbocycles. The third kappa shape index (κ3) is 2.41. The maximum atomic E-state index is 12.6. The average Bonchev–Trinajstić information content (AvgIpc) is 3.13. The van der Waals surface area contributed by atoms with Crippen molar-refractivity contribution in [1.82, 2.24) is 4.98 Å². The standard InChI is InChI=1S/C17H15NO4/c1-10-15(12-6-3-4-7-13(12)18-10)16(19)11(2)22-17(20)14-8-5-9-21-14/h3-9,11,18H,1-2H3. The average molecular weight is 297 g/mol. The second-order valence-corrected chi connectivity index (χ2v) is 5.06. The van der Waals surface area contributed by atoms with Crippen molar-refractivity contribution in [2.24, 2.45) is 0 Å². The topological polar surface area (TPSA) is 72.3 Å². The highest BCUT2D eigenvalue weighted by Gasteiger charge is 2.25. The van der Waals surface area contributed by atoms with Crippen LogP contribution in [-0.2, 0) is 4.74 Å². The van der Waals surface area contributed by atoms with Gasteiger partial charge in [0, 0.05) is 22.2 Å². The molecule has 0 aliphatic rings. The molecule has 2 heterocycles. The lowest BCUT2D eigenvalue weighted by Gasteiger charge is -2.11. The molecule has 0 aliphatic heterocycles. The minimum Gasteiger partial charge on any atom is -0.457 e. The molecule has 1 N–H and O–H groups in total. The number of carbonyl (C=O) groups is 2. The number of fused-ring (bicyclic) bond motifs is 1. The second kappa shape index (κ2) is 5.52. The number of rotatable bonds is 4. The number of ether oxygens (including phenoxy) is 1. The predicted octanol–water partition coefficient (Wildman–Crippen LogP) is 3.50. The van der Waals surface area contributed by atoms with E-state index in [4.69, 9.17) is 9.15 Å². The van der Waals surface area contributed by atoms with Gasteiger partial charge in [0.25, 0.3) is 0 Å². The summed E-state index contributed by atoms with van der Waals surface area (Å²) in [5, 5.41) is 0.825. The van der Waals surface area contributed by atoms with Gasteiger partial charge in [0.15, 0.2) is 6.10 Å². The molecular weight excluding hydrogens is 282 g/mol. The van der Waals surface area contributed by atoms with Crippen molar-refractivity contribution in [3.63, 3.8) is 0 Å². The normalized spacial score (nSPS) is 12.3. The highest BCUT2D eigenvalue weighted by atomic mass is 16.6. The number of aromatic amines is 1. The number of ketones is 1. The monoisotopic (exact) mass is 297 g/mol. The first kappa shape index (κ1) is 14.1. The summed E-state index contributed by atoms with van der Waals surface area (Å²) in [6.45, 7) is 3.39. The van der Waals surface area contributed by atoms with Crippen molar-refractivity contribution < 1.29 is 18.7 Å². The number of esters is 1. The van der Waals surface area contributed by atoms with E-state index in [9.17, 15) is 9.59 Å². The summed E-state index contributed by atoms with van der Waals surface area (Å²) in [4.78, 5) is 27.6. The van der Waals surface area contributed by atoms with Crippen LogP contribution >= 0.6 is 0 Å². The third-order valence-electron chi connectivity index (χ3n) is 3.52. The van der Waals surface area contributed by atoms with Gasteiger partial charge >= 0.3 is 5.97 Å². The SMILES string of the molecule is Cc1[nH]c2ccccc2c1C(=O)C(C)OC(=O)c1ccco1. The smallest absolute Gasteiger partial charge is 0.374 e. The van der Waals surface area contributed by atoms with Gasteiger partial charge < -0.3 is 14.1 Å². The van der Waals surface area contributed by atoms with Crippen molar-refractivity contribution in [3.8, 4) is 0 Å². The van der Waals surface area contributed by atoms with Gasteiger partial charge in [0.1, 0.15) is 0 Å². The fourth-order valence-corrected chi connectivity index (χ4v) is 2.46. The summed E-state index contributed by atoms with van der Waals surface area (Å²) >= 11 is 0. The summed E-state index contributed by atoms with van der Waals surface area (Å²) < 4.78 is 10.2. The molecule has 3 aromatic rings. The maximum absolute atomic E-state index is 12.6. The number of furan rings is 1. The molecule has 22 heavy (non-hydrogen) atoms. The number of nitrogens with one attached hydrogen (secondary N) is 1. The zero-order chi connectivity index (χ0) is 15.7. The van der Waals surface area contributed by atoms with Crippen LogP contribution in [0.15, 0.2) is 47.1 Å². The van der Waals surface area contributed by atoms with Gasteiger partial charge in [0.05, 0.1) is 6.26 Å². The summed E-state index contributed by atoms with van der Waals surface area (Å²) in [6.07, 6.45) is 0.489. The Hall–Kier alpha value is -2.82. The molecule has 5 heteroatoms. The molecule has 1 atom stereocenters. The molecule has 1 aromatic carbocycles. The molecule has 112 valence electrons. The lowest BCUT2D eigenvalue weighted by Crippen LogP contribution is -2.24. The largest absolute Gasteiger partial charge is 0.457 e. The molecular formula is C17H15NO4. The van der Waals surface area contributed by atoms with Crippen LogP contribution in [0.4, 0.5) is 0 Å². The van der Waals surface area contributed by atoms with Gasteiger partial charge in [-0.3, -0.25) is 4.79 Å². The second-order valence-electron chi connectivity index (χ2n) is 5.06. The first-order chi connectivity index (χ1) is 10.6. The van der Waals surface area contributed by atoms with Crippen LogP contribution in [0.25, 0.3) is 10.9 Å². The van der Waals surface area contributed by atoms with Crippen LogP contribution in [0.2, 0.25) is 0 Å². The molecule has 0 radical (unpaired) electrons. The van der Waals surface area contributed by atoms with Gasteiger partial charge in [-0.25, -0.2) is 4.79 Å². The lowest BCUT2D eigenvalue weighted by molar-refractivity contribution is 0.0289. The fourth-order valence-electron chi connectivity index (χ4n) is 2.46. The number of aromatic nitrogens is 1. The van der Waals surface area contributed by atoms with E-state index in [1.165, 1.54) is 12.3 Å². The first-order valence-corrected chi connectivity index (χ1v) is 6.94. The Morgan fingerprint density at radius 1 is 1.18 bits per heavy atom. The molecule has 5 nitrogen and oxygen atoms in total. The molecule has 0 aliphatic carbocycles. The molecule has 3 rings (SSSR count). The summed E-state index contributed by atoms with van der Waals surface area (Å²) in [5.41, 5.74) is 2.19. The number of para-hydroxylation sites is 1. The highest BCUT2D eigenvalue weighted by Crippen LogP contribution is 2.24. The van der Waals surface area contributed by atoms with E-state index in [2.05, 4.69) is 4.98 Å². The van der Waals surface area contributed by atoms with Crippen LogP contribution in [-0.4, -0.2) is 22.8 Å². The van der Waals surface area contributed by atoms with Crippen LogP contribution < -0.4 is 0 Å². The minimum absolute atomic E-state index is 0.0790. The zero-order valence-corrected chi connectivity index (χ0v) is 12.3. The molecule has 0 bridgehead atoms. The third-order valence-corrected chi connectivity index (χ3v) is 3.52.